The molecule has 2 heterocycles. The van der Waals surface area contributed by atoms with Crippen molar-refractivity contribution in [3.63, 3.8) is 0 Å². The van der Waals surface area contributed by atoms with Gasteiger partial charge in [-0.15, -0.1) is 0 Å². The van der Waals surface area contributed by atoms with Gasteiger partial charge in [-0.05, 0) is 31.8 Å². The highest BCUT2D eigenvalue weighted by Gasteiger charge is 2.25. The minimum Gasteiger partial charge on any atom is -0.383 e. The van der Waals surface area contributed by atoms with E-state index in [0.717, 1.165) is 30.9 Å². The van der Waals surface area contributed by atoms with Crippen molar-refractivity contribution >= 4 is 11.6 Å². The van der Waals surface area contributed by atoms with Crippen LogP contribution in [-0.4, -0.2) is 41.0 Å². The lowest BCUT2D eigenvalue weighted by atomic mass is 9.93. The molecule has 0 bridgehead atoms. The Balaban J connectivity index is 2.17. The Morgan fingerprint density at radius 3 is 2.79 bits per heavy atom. The summed E-state index contributed by atoms with van der Waals surface area (Å²) in [5.41, 5.74) is 7.02. The smallest absolute Gasteiger partial charge is 0.135 e. The number of nitrogens with zero attached hydrogens (tertiary/aromatic N) is 3. The molecule has 2 atom stereocenters. The minimum absolute atomic E-state index is 0.324. The van der Waals surface area contributed by atoms with Crippen LogP contribution in [0.4, 0.5) is 11.6 Å². The summed E-state index contributed by atoms with van der Waals surface area (Å²) in [6, 6.07) is 0.461. The molecule has 0 saturated carbocycles. The number of nitrogens with one attached hydrogen (secondary N) is 1. The molecule has 2 rings (SSSR count). The van der Waals surface area contributed by atoms with Crippen molar-refractivity contribution in [1.29, 1.82) is 0 Å². The topological polar surface area (TPSA) is 67.1 Å². The summed E-state index contributed by atoms with van der Waals surface area (Å²) in [6.45, 7) is 8.78. The molecule has 0 aliphatic carbocycles. The molecular weight excluding hydrogens is 238 g/mol. The van der Waals surface area contributed by atoms with Crippen LogP contribution in [0.1, 0.15) is 38.7 Å². The maximum atomic E-state index is 5.98. The molecule has 3 N–H and O–H groups in total. The van der Waals surface area contributed by atoms with E-state index in [0.29, 0.717) is 23.7 Å². The van der Waals surface area contributed by atoms with Crippen LogP contribution in [0.3, 0.4) is 0 Å². The second-order valence-electron chi connectivity index (χ2n) is 5.95. The number of aromatic nitrogens is 2. The molecule has 1 aromatic rings. The first-order valence-electron chi connectivity index (χ1n) is 7.04. The summed E-state index contributed by atoms with van der Waals surface area (Å²) in [4.78, 5) is 10.9. The molecule has 19 heavy (non-hydrogen) atoms. The summed E-state index contributed by atoms with van der Waals surface area (Å²) in [5.74, 6) is 2.43. The normalized spacial score (nSPS) is 24.7. The van der Waals surface area contributed by atoms with Crippen molar-refractivity contribution in [2.24, 2.45) is 5.92 Å². The van der Waals surface area contributed by atoms with Crippen LogP contribution in [0.5, 0.6) is 0 Å². The number of hydrogen-bond donors (Lipinski definition) is 2. The van der Waals surface area contributed by atoms with Gasteiger partial charge in [0.2, 0.25) is 0 Å². The van der Waals surface area contributed by atoms with Crippen LogP contribution < -0.4 is 11.1 Å². The van der Waals surface area contributed by atoms with Crippen molar-refractivity contribution in [3.05, 3.63) is 11.9 Å². The van der Waals surface area contributed by atoms with E-state index in [9.17, 15) is 0 Å². The fraction of sp³-hybridized carbons (Fsp3) is 0.714. The third kappa shape index (κ3) is 3.15. The number of likely N-dealkylation sites (tertiary alicyclic amines) is 1. The van der Waals surface area contributed by atoms with Gasteiger partial charge in [-0.3, -0.25) is 0 Å². The van der Waals surface area contributed by atoms with E-state index >= 15 is 0 Å². The molecule has 106 valence electrons. The monoisotopic (exact) mass is 263 g/mol. The van der Waals surface area contributed by atoms with Crippen LogP contribution in [0, 0.1) is 5.92 Å². The van der Waals surface area contributed by atoms with Crippen molar-refractivity contribution in [2.75, 3.05) is 31.2 Å². The second kappa shape index (κ2) is 5.74. The van der Waals surface area contributed by atoms with Crippen LogP contribution in [-0.2, 0) is 0 Å². The zero-order chi connectivity index (χ0) is 14.0. The van der Waals surface area contributed by atoms with E-state index in [-0.39, 0.29) is 0 Å². The molecular formula is C14H25N5. The van der Waals surface area contributed by atoms with Gasteiger partial charge in [-0.1, -0.05) is 20.8 Å². The lowest BCUT2D eigenvalue weighted by Gasteiger charge is -2.36. The molecule has 2 unspecified atom stereocenters. The fourth-order valence-corrected chi connectivity index (χ4v) is 2.84. The number of hydrogen-bond acceptors (Lipinski definition) is 5. The highest BCUT2D eigenvalue weighted by atomic mass is 15.1. The molecule has 1 aliphatic heterocycles. The molecule has 5 heteroatoms. The molecule has 0 spiro atoms. The highest BCUT2D eigenvalue weighted by molar-refractivity contribution is 5.57. The number of piperidine rings is 1. The molecule has 1 fully saturated rings. The van der Waals surface area contributed by atoms with E-state index in [4.69, 9.17) is 5.73 Å². The SMILES string of the molecule is CC(C)c1c(N)ncnc1NC1CCN(C)CC1C. The van der Waals surface area contributed by atoms with Gasteiger partial charge in [0, 0.05) is 18.2 Å². The first-order chi connectivity index (χ1) is 8.99. The Hall–Kier alpha value is -1.36. The Kier molecular flexibility index (Phi) is 4.24. The van der Waals surface area contributed by atoms with Gasteiger partial charge in [0.05, 0.1) is 0 Å². The third-order valence-electron chi connectivity index (χ3n) is 3.92. The van der Waals surface area contributed by atoms with Crippen LogP contribution in [0.2, 0.25) is 0 Å². The van der Waals surface area contributed by atoms with Gasteiger partial charge < -0.3 is 16.0 Å². The summed E-state index contributed by atoms with van der Waals surface area (Å²) < 4.78 is 0. The third-order valence-corrected chi connectivity index (χ3v) is 3.92. The van der Waals surface area contributed by atoms with E-state index in [1.54, 1.807) is 6.33 Å². The predicted molar refractivity (Wildman–Crippen MR) is 79.2 cm³/mol. The standard InChI is InChI=1S/C14H25N5/c1-9(2)12-13(15)16-8-17-14(12)18-11-5-6-19(4)7-10(11)3/h8-11H,5-7H2,1-4H3,(H3,15,16,17,18). The molecule has 0 amide bonds. The Labute approximate surface area is 115 Å². The highest BCUT2D eigenvalue weighted by Crippen LogP contribution is 2.28. The lowest BCUT2D eigenvalue weighted by molar-refractivity contribution is 0.206. The van der Waals surface area contributed by atoms with E-state index in [1.165, 1.54) is 0 Å². The summed E-state index contributed by atoms with van der Waals surface area (Å²) >= 11 is 0. The van der Waals surface area contributed by atoms with Crippen molar-refractivity contribution in [2.45, 2.75) is 39.2 Å². The quantitative estimate of drug-likeness (QED) is 0.872. The number of anilines is 2. The number of rotatable bonds is 3. The Bertz CT molecular complexity index is 432. The maximum absolute atomic E-state index is 5.98. The summed E-state index contributed by atoms with van der Waals surface area (Å²) in [5, 5.41) is 3.58. The Morgan fingerprint density at radius 2 is 2.16 bits per heavy atom. The average Bonchev–Trinajstić information content (AvgIpc) is 2.32. The van der Waals surface area contributed by atoms with Gasteiger partial charge in [0.15, 0.2) is 0 Å². The van der Waals surface area contributed by atoms with E-state index in [1.807, 2.05) is 0 Å². The van der Waals surface area contributed by atoms with Crippen molar-refractivity contribution < 1.29 is 0 Å². The van der Waals surface area contributed by atoms with Crippen LogP contribution in [0.25, 0.3) is 0 Å². The van der Waals surface area contributed by atoms with Crippen molar-refractivity contribution in [1.82, 2.24) is 14.9 Å². The van der Waals surface area contributed by atoms with Crippen LogP contribution >= 0.6 is 0 Å². The largest absolute Gasteiger partial charge is 0.383 e. The van der Waals surface area contributed by atoms with Crippen molar-refractivity contribution in [3.8, 4) is 0 Å². The van der Waals surface area contributed by atoms with E-state index in [2.05, 4.69) is 48.0 Å². The van der Waals surface area contributed by atoms with Gasteiger partial charge in [-0.25, -0.2) is 9.97 Å². The first kappa shape index (κ1) is 14.1. The molecule has 5 nitrogen and oxygen atoms in total. The first-order valence-corrected chi connectivity index (χ1v) is 7.04. The molecule has 1 aromatic heterocycles. The minimum atomic E-state index is 0.324. The van der Waals surface area contributed by atoms with Gasteiger partial charge in [0.25, 0.3) is 0 Å². The second-order valence-corrected chi connectivity index (χ2v) is 5.95. The van der Waals surface area contributed by atoms with Gasteiger partial charge in [0.1, 0.15) is 18.0 Å². The maximum Gasteiger partial charge on any atom is 0.135 e. The zero-order valence-corrected chi connectivity index (χ0v) is 12.3. The molecule has 1 aliphatic rings. The summed E-state index contributed by atoms with van der Waals surface area (Å²) in [6.07, 6.45) is 2.68. The van der Waals surface area contributed by atoms with Gasteiger partial charge in [-0.2, -0.15) is 0 Å². The fourth-order valence-electron chi connectivity index (χ4n) is 2.84. The predicted octanol–water partition coefficient (Wildman–Crippen LogP) is 1.93. The Morgan fingerprint density at radius 1 is 1.42 bits per heavy atom. The lowest BCUT2D eigenvalue weighted by Crippen LogP contribution is -2.43. The van der Waals surface area contributed by atoms with Crippen LogP contribution in [0.15, 0.2) is 6.33 Å². The average molecular weight is 263 g/mol. The molecule has 1 saturated heterocycles. The number of nitrogens with two attached hydrogens (primary N) is 1. The zero-order valence-electron chi connectivity index (χ0n) is 12.3. The molecule has 0 radical (unpaired) electrons. The van der Waals surface area contributed by atoms with E-state index < -0.39 is 0 Å². The molecule has 0 aromatic carbocycles. The van der Waals surface area contributed by atoms with Gasteiger partial charge >= 0.3 is 0 Å². The number of nitrogen functional groups attached to an aromatic ring is 1. The summed E-state index contributed by atoms with van der Waals surface area (Å²) in [7, 11) is 2.18.